The van der Waals surface area contributed by atoms with Crippen LogP contribution in [0.4, 0.5) is 0 Å². The minimum absolute atomic E-state index is 0.472. The molecule has 1 unspecified atom stereocenters. The maximum Gasteiger partial charge on any atom is 0.145 e. The number of thiophene rings is 1. The normalized spacial score (nSPS) is 14.9. The van der Waals surface area contributed by atoms with E-state index in [1.807, 2.05) is 17.4 Å². The molecule has 0 fully saturated rings. The molecule has 1 atom stereocenters. The van der Waals surface area contributed by atoms with Crippen LogP contribution in [-0.2, 0) is 19.4 Å². The highest BCUT2D eigenvalue weighted by Gasteiger charge is 2.29. The number of hydrogen-bond acceptors (Lipinski definition) is 2. The molecule has 2 aliphatic carbocycles. The molecule has 0 saturated carbocycles. The second-order valence-corrected chi connectivity index (χ2v) is 16.5. The van der Waals surface area contributed by atoms with Crippen LogP contribution in [0.2, 0.25) is 0 Å². The van der Waals surface area contributed by atoms with Crippen molar-refractivity contribution in [2.24, 2.45) is 5.92 Å². The average molecular weight is 706 g/mol. The molecule has 0 spiro atoms. The highest BCUT2D eigenvalue weighted by atomic mass is 32.1. The molecule has 53 heavy (non-hydrogen) atoms. The number of aryl methyl sites for hydroxylation is 2. The summed E-state index contributed by atoms with van der Waals surface area (Å²) in [6, 6.07) is 42.0. The van der Waals surface area contributed by atoms with Gasteiger partial charge >= 0.3 is 0 Å². The molecular formula is C50H43NOS. The van der Waals surface area contributed by atoms with Gasteiger partial charge in [0.2, 0.25) is 0 Å². The van der Waals surface area contributed by atoms with Gasteiger partial charge in [-0.25, -0.2) is 0 Å². The van der Waals surface area contributed by atoms with Gasteiger partial charge in [-0.2, -0.15) is 0 Å². The van der Waals surface area contributed by atoms with Crippen molar-refractivity contribution in [1.82, 2.24) is 4.57 Å². The summed E-state index contributed by atoms with van der Waals surface area (Å²) in [5, 5.41) is 6.28. The Bertz CT molecular complexity index is 2930. The summed E-state index contributed by atoms with van der Waals surface area (Å²) in [5.41, 5.74) is 17.5. The highest BCUT2D eigenvalue weighted by molar-refractivity contribution is 7.19. The molecule has 11 rings (SSSR count). The fourth-order valence-electron chi connectivity index (χ4n) is 9.24. The van der Waals surface area contributed by atoms with Crippen molar-refractivity contribution in [3.8, 4) is 11.1 Å². The Kier molecular flexibility index (Phi) is 7.53. The van der Waals surface area contributed by atoms with Gasteiger partial charge in [0, 0.05) is 37.7 Å². The molecule has 3 heterocycles. The van der Waals surface area contributed by atoms with Crippen molar-refractivity contribution < 1.29 is 4.42 Å². The molecule has 9 aromatic rings. The smallest absolute Gasteiger partial charge is 0.145 e. The lowest BCUT2D eigenvalue weighted by molar-refractivity contribution is 0.673. The number of aromatic nitrogens is 1. The Morgan fingerprint density at radius 2 is 1.57 bits per heavy atom. The van der Waals surface area contributed by atoms with E-state index < -0.39 is 0 Å². The predicted molar refractivity (Wildman–Crippen MR) is 228 cm³/mol. The number of fused-ring (bicyclic) bond motifs is 13. The lowest BCUT2D eigenvalue weighted by Gasteiger charge is -2.25. The van der Waals surface area contributed by atoms with Crippen molar-refractivity contribution in [3.05, 3.63) is 154 Å². The molecule has 0 radical (unpaired) electrons. The van der Waals surface area contributed by atoms with Gasteiger partial charge in [-0.15, -0.1) is 11.3 Å². The second kappa shape index (κ2) is 12.4. The molecule has 0 bridgehead atoms. The van der Waals surface area contributed by atoms with Crippen molar-refractivity contribution in [2.45, 2.75) is 59.9 Å². The Balaban J connectivity index is 0.000000343. The first-order valence-corrected chi connectivity index (χ1v) is 20.0. The molecule has 3 heteroatoms. The van der Waals surface area contributed by atoms with Crippen LogP contribution < -0.4 is 0 Å². The number of rotatable bonds is 3. The zero-order valence-electron chi connectivity index (χ0n) is 31.1. The Hall–Kier alpha value is -5.38. The van der Waals surface area contributed by atoms with Crippen molar-refractivity contribution in [3.63, 3.8) is 0 Å². The van der Waals surface area contributed by atoms with Gasteiger partial charge < -0.3 is 8.98 Å². The van der Waals surface area contributed by atoms with Gasteiger partial charge in [0.25, 0.3) is 0 Å². The van der Waals surface area contributed by atoms with Crippen LogP contribution in [0.15, 0.2) is 120 Å². The summed E-state index contributed by atoms with van der Waals surface area (Å²) < 4.78 is 10.4. The first kappa shape index (κ1) is 32.3. The van der Waals surface area contributed by atoms with Gasteiger partial charge in [-0.05, 0) is 125 Å². The van der Waals surface area contributed by atoms with Gasteiger partial charge in [0.05, 0.1) is 16.4 Å². The van der Waals surface area contributed by atoms with Crippen molar-refractivity contribution in [1.29, 1.82) is 0 Å². The molecular weight excluding hydrogens is 663 g/mol. The SMILES string of the molecule is CC(C)c1ccccc1.CCn1c2cc3sc4c(c3cc2c2c3oc5ccccc5c3ccc21)C=C(c1c(C)ccc2c1Cc1ccccc1-2)C(C)C4. The third-order valence-electron chi connectivity index (χ3n) is 11.9. The van der Waals surface area contributed by atoms with E-state index in [4.69, 9.17) is 4.42 Å². The van der Waals surface area contributed by atoms with E-state index in [0.29, 0.717) is 11.8 Å². The summed E-state index contributed by atoms with van der Waals surface area (Å²) in [6.07, 6.45) is 4.66. The maximum absolute atomic E-state index is 6.59. The Morgan fingerprint density at radius 1 is 0.774 bits per heavy atom. The topological polar surface area (TPSA) is 18.1 Å². The zero-order chi connectivity index (χ0) is 36.0. The van der Waals surface area contributed by atoms with E-state index in [9.17, 15) is 0 Å². The highest BCUT2D eigenvalue weighted by Crippen LogP contribution is 2.49. The number of furan rings is 1. The summed E-state index contributed by atoms with van der Waals surface area (Å²) >= 11 is 1.99. The molecule has 0 amide bonds. The van der Waals surface area contributed by atoms with E-state index >= 15 is 0 Å². The number of nitrogens with zero attached hydrogens (tertiary/aromatic N) is 1. The van der Waals surface area contributed by atoms with E-state index in [1.165, 1.54) is 97.6 Å². The Morgan fingerprint density at radius 3 is 2.38 bits per heavy atom. The van der Waals surface area contributed by atoms with Crippen LogP contribution in [0.25, 0.3) is 76.6 Å². The molecule has 2 aliphatic rings. The fraction of sp³-hybridized carbons (Fsp3) is 0.200. The van der Waals surface area contributed by atoms with E-state index in [1.54, 1.807) is 0 Å². The Labute approximate surface area is 315 Å². The number of hydrogen-bond donors (Lipinski definition) is 0. The van der Waals surface area contributed by atoms with Gasteiger partial charge in [-0.1, -0.05) is 106 Å². The largest absolute Gasteiger partial charge is 0.455 e. The first-order valence-electron chi connectivity index (χ1n) is 19.2. The third kappa shape index (κ3) is 4.97. The van der Waals surface area contributed by atoms with Crippen LogP contribution >= 0.6 is 11.3 Å². The van der Waals surface area contributed by atoms with Crippen LogP contribution in [0.1, 0.15) is 71.9 Å². The van der Waals surface area contributed by atoms with Crippen LogP contribution in [0.3, 0.4) is 0 Å². The summed E-state index contributed by atoms with van der Waals surface area (Å²) in [7, 11) is 0. The standard InChI is InChI=1S/C41H31NOS.C9H12/c1-4-42-34-16-15-28-27-11-7-8-12-36(27)43-41(28)40(34)33-20-31-30-19-29(23(3)17-37(30)44-38(31)21-35(33)42)39-22(2)13-14-26-25-10-6-5-9-24(25)18-32(26)39;1-8(2)9-6-4-3-5-7-9/h5-16,19-21,23H,4,17-18H2,1-3H3;3-8H,1-2H3. The first-order chi connectivity index (χ1) is 25.9. The quantitative estimate of drug-likeness (QED) is 0.179. The molecule has 3 aromatic heterocycles. The number of allylic oxidation sites excluding steroid dienone is 1. The lowest BCUT2D eigenvalue weighted by Crippen LogP contribution is -2.10. The number of para-hydroxylation sites is 1. The summed E-state index contributed by atoms with van der Waals surface area (Å²) in [4.78, 5) is 1.51. The van der Waals surface area contributed by atoms with Crippen molar-refractivity contribution in [2.75, 3.05) is 0 Å². The summed E-state index contributed by atoms with van der Waals surface area (Å²) in [5.74, 6) is 1.13. The van der Waals surface area contributed by atoms with Gasteiger partial charge in [0.15, 0.2) is 0 Å². The second-order valence-electron chi connectivity index (χ2n) is 15.4. The predicted octanol–water partition coefficient (Wildman–Crippen LogP) is 14.4. The van der Waals surface area contributed by atoms with Crippen LogP contribution in [0, 0.1) is 12.8 Å². The monoisotopic (exact) mass is 705 g/mol. The summed E-state index contributed by atoms with van der Waals surface area (Å²) in [6.45, 7) is 12.3. The van der Waals surface area contributed by atoms with Crippen LogP contribution in [-0.4, -0.2) is 4.57 Å². The molecule has 260 valence electrons. The third-order valence-corrected chi connectivity index (χ3v) is 13.1. The minimum atomic E-state index is 0.472. The molecule has 2 nitrogen and oxygen atoms in total. The maximum atomic E-state index is 6.59. The lowest BCUT2D eigenvalue weighted by atomic mass is 9.80. The fourth-order valence-corrected chi connectivity index (χ4v) is 10.6. The average Bonchev–Trinajstić information content (AvgIpc) is 3.92. The van der Waals surface area contributed by atoms with Gasteiger partial charge in [0.1, 0.15) is 11.2 Å². The molecule has 0 aliphatic heterocycles. The van der Waals surface area contributed by atoms with Crippen molar-refractivity contribution >= 4 is 76.8 Å². The van der Waals surface area contributed by atoms with Gasteiger partial charge in [-0.3, -0.25) is 0 Å². The number of benzene rings is 6. The van der Waals surface area contributed by atoms with E-state index in [0.717, 1.165) is 30.6 Å². The van der Waals surface area contributed by atoms with Crippen LogP contribution in [0.5, 0.6) is 0 Å². The van der Waals surface area contributed by atoms with E-state index in [2.05, 4.69) is 154 Å². The molecule has 0 N–H and O–H groups in total. The minimum Gasteiger partial charge on any atom is -0.455 e. The van der Waals surface area contributed by atoms with E-state index in [-0.39, 0.29) is 0 Å². The molecule has 6 aromatic carbocycles. The molecule has 0 saturated heterocycles. The zero-order valence-corrected chi connectivity index (χ0v) is 31.9.